The third-order valence-corrected chi connectivity index (χ3v) is 6.83. The molecule has 3 rings (SSSR count). The molecule has 1 N–H and O–H groups in total. The topological polar surface area (TPSA) is 74.8 Å². The van der Waals surface area contributed by atoms with Gasteiger partial charge in [0.1, 0.15) is 19.5 Å². The fraction of sp³-hybridized carbons (Fsp3) is 0.444. The molecule has 0 bridgehead atoms. The van der Waals surface area contributed by atoms with Crippen LogP contribution in [-0.2, 0) is 11.3 Å². The summed E-state index contributed by atoms with van der Waals surface area (Å²) in [6.45, 7) is 13.7. The molecule has 9 heteroatoms. The van der Waals surface area contributed by atoms with Gasteiger partial charge in [0.15, 0.2) is 5.82 Å². The molecule has 0 unspecified atom stereocenters. The van der Waals surface area contributed by atoms with Crippen LogP contribution in [0.25, 0.3) is 0 Å². The first kappa shape index (κ1) is 27.4. The lowest BCUT2D eigenvalue weighted by atomic mass is 10.0. The number of ether oxygens (including phenoxy) is 1. The molecule has 1 saturated heterocycles. The number of rotatable bonds is 5. The van der Waals surface area contributed by atoms with E-state index in [0.29, 0.717) is 30.8 Å². The first-order chi connectivity index (χ1) is 16.9. The summed E-state index contributed by atoms with van der Waals surface area (Å²) in [5, 5.41) is 2.71. The van der Waals surface area contributed by atoms with Gasteiger partial charge in [-0.3, -0.25) is 14.5 Å². The Morgan fingerprint density at radius 3 is 2.42 bits per heavy atom. The number of nitrogens with zero attached hydrogens (tertiary/aromatic N) is 3. The minimum Gasteiger partial charge on any atom is -0.480 e. The van der Waals surface area contributed by atoms with Crippen molar-refractivity contribution in [2.45, 2.75) is 59.0 Å². The molecule has 1 aromatic heterocycles. The van der Waals surface area contributed by atoms with Crippen molar-refractivity contribution in [3.63, 3.8) is 0 Å². The summed E-state index contributed by atoms with van der Waals surface area (Å²) in [5.41, 5.74) is 5.12. The summed E-state index contributed by atoms with van der Waals surface area (Å²) >= 11 is 0. The molecule has 1 aliphatic rings. The number of amides is 2. The number of methoxy groups -OCH3 is 1. The van der Waals surface area contributed by atoms with Gasteiger partial charge in [-0.05, 0) is 37.6 Å². The predicted octanol–water partition coefficient (Wildman–Crippen LogP) is 4.15. The van der Waals surface area contributed by atoms with Crippen molar-refractivity contribution in [2.24, 2.45) is 0 Å². The number of benzene rings is 1. The van der Waals surface area contributed by atoms with Crippen LogP contribution >= 0.6 is 0 Å². The molecule has 0 spiro atoms. The minimum absolute atomic E-state index is 0.0645. The van der Waals surface area contributed by atoms with E-state index in [1.54, 1.807) is 18.2 Å². The van der Waals surface area contributed by atoms with Crippen LogP contribution in [-0.4, -0.2) is 67.0 Å². The number of hydrogen-bond donors (Lipinski definition) is 1. The summed E-state index contributed by atoms with van der Waals surface area (Å²) in [7, 11) is -0.264. The molecular weight excluding hydrogens is 475 g/mol. The van der Waals surface area contributed by atoms with Crippen molar-refractivity contribution in [2.75, 3.05) is 25.5 Å². The number of carbonyl (C=O) groups excluding carboxylic acids is 2. The van der Waals surface area contributed by atoms with E-state index >= 15 is 0 Å². The van der Waals surface area contributed by atoms with Gasteiger partial charge in [-0.1, -0.05) is 37.7 Å². The first-order valence-electron chi connectivity index (χ1n) is 12.1. The highest BCUT2D eigenvalue weighted by atomic mass is 28.3. The normalized spacial score (nSPS) is 18.3. The van der Waals surface area contributed by atoms with Gasteiger partial charge in [0, 0.05) is 38.6 Å². The van der Waals surface area contributed by atoms with Gasteiger partial charge >= 0.3 is 0 Å². The molecular formula is C27H35FN4O3Si. The van der Waals surface area contributed by atoms with Crippen molar-refractivity contribution < 1.29 is 18.7 Å². The van der Waals surface area contributed by atoms with Crippen molar-refractivity contribution in [3.05, 3.63) is 52.8 Å². The van der Waals surface area contributed by atoms with Crippen LogP contribution in [0.3, 0.4) is 0 Å². The van der Waals surface area contributed by atoms with Crippen LogP contribution in [0.5, 0.6) is 5.88 Å². The highest BCUT2D eigenvalue weighted by Gasteiger charge is 2.34. The molecule has 0 aliphatic carbocycles. The van der Waals surface area contributed by atoms with Crippen molar-refractivity contribution in [1.29, 1.82) is 0 Å². The zero-order valence-electron chi connectivity index (χ0n) is 22.1. The largest absolute Gasteiger partial charge is 0.480 e. The average Bonchev–Trinajstić information content (AvgIpc) is 2.80. The lowest BCUT2D eigenvalue weighted by molar-refractivity contribution is -0.114. The van der Waals surface area contributed by atoms with E-state index in [4.69, 9.17) is 4.74 Å². The van der Waals surface area contributed by atoms with Gasteiger partial charge in [-0.25, -0.2) is 4.39 Å². The number of piperazine rings is 1. The Morgan fingerprint density at radius 2 is 1.83 bits per heavy atom. The fourth-order valence-corrected chi connectivity index (χ4v) is 4.61. The second-order valence-electron chi connectivity index (χ2n) is 10.3. The average molecular weight is 511 g/mol. The summed E-state index contributed by atoms with van der Waals surface area (Å²) in [5.74, 6) is 2.85. The van der Waals surface area contributed by atoms with Gasteiger partial charge in [-0.2, -0.15) is 4.98 Å². The monoisotopic (exact) mass is 510 g/mol. The third kappa shape index (κ3) is 6.92. The minimum atomic E-state index is -1.72. The molecule has 192 valence electrons. The molecule has 2 amide bonds. The SMILES string of the molecule is COc1nc(NC(C)=O)c(C#C[Si](C)(C)C)cc1C(=O)N1C[C@H](C)N(Cc2ccc(F)cc2)C[C@H]1C. The molecule has 0 radical (unpaired) electrons. The maximum absolute atomic E-state index is 13.7. The van der Waals surface area contributed by atoms with Gasteiger partial charge < -0.3 is 15.0 Å². The second kappa shape index (κ2) is 11.2. The number of hydrogen-bond acceptors (Lipinski definition) is 5. The Labute approximate surface area is 214 Å². The lowest BCUT2D eigenvalue weighted by Gasteiger charge is -2.44. The number of nitrogens with one attached hydrogen (secondary N) is 1. The standard InChI is InChI=1S/C27H35FN4O3Si/c1-18-16-32(19(2)15-31(18)17-21-8-10-23(28)11-9-21)27(34)24-14-22(12-13-36(5,6)7)25(29-20(3)33)30-26(24)35-4/h8-11,14,18-19H,15-17H2,1-7H3,(H,29,30,33)/t18-,19+/m0/s1. The van der Waals surface area contributed by atoms with Crippen LogP contribution in [0.15, 0.2) is 30.3 Å². The Balaban J connectivity index is 1.89. The maximum atomic E-state index is 13.7. The van der Waals surface area contributed by atoms with Crippen LogP contribution in [0.4, 0.5) is 10.2 Å². The Kier molecular flexibility index (Phi) is 8.53. The van der Waals surface area contributed by atoms with Gasteiger partial charge in [0.25, 0.3) is 5.91 Å². The molecule has 2 heterocycles. The number of aromatic nitrogens is 1. The summed E-state index contributed by atoms with van der Waals surface area (Å²) < 4.78 is 18.8. The van der Waals surface area contributed by atoms with E-state index in [1.165, 1.54) is 26.2 Å². The van der Waals surface area contributed by atoms with Crippen LogP contribution in [0.2, 0.25) is 19.6 Å². The Morgan fingerprint density at radius 1 is 1.17 bits per heavy atom. The van der Waals surface area contributed by atoms with E-state index < -0.39 is 8.07 Å². The molecule has 2 atom stereocenters. The van der Waals surface area contributed by atoms with Crippen LogP contribution < -0.4 is 10.1 Å². The third-order valence-electron chi connectivity index (χ3n) is 5.95. The number of halogens is 1. The number of carbonyl (C=O) groups is 2. The first-order valence-corrected chi connectivity index (χ1v) is 15.6. The molecule has 7 nitrogen and oxygen atoms in total. The fourth-order valence-electron chi connectivity index (χ4n) is 4.10. The van der Waals surface area contributed by atoms with E-state index in [1.807, 2.05) is 11.8 Å². The van der Waals surface area contributed by atoms with Crippen molar-refractivity contribution in [3.8, 4) is 17.3 Å². The van der Waals surface area contributed by atoms with Gasteiger partial charge in [0.2, 0.25) is 11.8 Å². The highest BCUT2D eigenvalue weighted by molar-refractivity contribution is 6.83. The summed E-state index contributed by atoms with van der Waals surface area (Å²) in [6, 6.07) is 8.23. The molecule has 2 aromatic rings. The van der Waals surface area contributed by atoms with Crippen molar-refractivity contribution >= 4 is 25.7 Å². The molecule has 36 heavy (non-hydrogen) atoms. The van der Waals surface area contributed by atoms with E-state index in [-0.39, 0.29) is 41.4 Å². The Bertz CT molecular complexity index is 1180. The zero-order valence-corrected chi connectivity index (χ0v) is 23.1. The maximum Gasteiger partial charge on any atom is 0.259 e. The molecule has 0 saturated carbocycles. The van der Waals surface area contributed by atoms with Crippen LogP contribution in [0.1, 0.15) is 42.3 Å². The van der Waals surface area contributed by atoms with E-state index in [2.05, 4.69) is 53.2 Å². The van der Waals surface area contributed by atoms with Crippen molar-refractivity contribution in [1.82, 2.24) is 14.8 Å². The second-order valence-corrected chi connectivity index (χ2v) is 15.1. The molecule has 1 aromatic carbocycles. The zero-order chi connectivity index (χ0) is 26.6. The van der Waals surface area contributed by atoms with E-state index in [9.17, 15) is 14.0 Å². The Hall–Kier alpha value is -3.22. The smallest absolute Gasteiger partial charge is 0.259 e. The van der Waals surface area contributed by atoms with Crippen LogP contribution in [0, 0.1) is 17.3 Å². The highest BCUT2D eigenvalue weighted by Crippen LogP contribution is 2.27. The van der Waals surface area contributed by atoms with E-state index in [0.717, 1.165) is 5.56 Å². The molecule has 1 fully saturated rings. The summed E-state index contributed by atoms with van der Waals surface area (Å²) in [6.07, 6.45) is 0. The summed E-state index contributed by atoms with van der Waals surface area (Å²) in [4.78, 5) is 34.1. The predicted molar refractivity (Wildman–Crippen MR) is 142 cm³/mol. The quantitative estimate of drug-likeness (QED) is 0.483. The van der Waals surface area contributed by atoms with Gasteiger partial charge in [0.05, 0.1) is 12.7 Å². The lowest BCUT2D eigenvalue weighted by Crippen LogP contribution is -2.57. The number of anilines is 1. The molecule has 1 aliphatic heterocycles. The number of pyridine rings is 1. The van der Waals surface area contributed by atoms with Gasteiger partial charge in [-0.15, -0.1) is 5.54 Å².